The second-order valence-electron chi connectivity index (χ2n) is 6.70. The Kier molecular flexibility index (Phi) is 6.81. The van der Waals surface area contributed by atoms with E-state index in [1.54, 1.807) is 12.1 Å². The molecule has 0 aliphatic heterocycles. The van der Waals surface area contributed by atoms with Crippen molar-refractivity contribution in [3.8, 4) is 5.75 Å². The molecule has 0 saturated carbocycles. The lowest BCUT2D eigenvalue weighted by molar-refractivity contribution is 0.0507. The van der Waals surface area contributed by atoms with E-state index in [4.69, 9.17) is 4.74 Å². The lowest BCUT2D eigenvalue weighted by atomic mass is 9.92. The molecule has 0 spiro atoms. The summed E-state index contributed by atoms with van der Waals surface area (Å²) in [6.07, 6.45) is 2.73. The number of carbonyl (C=O) groups excluding carboxylic acids is 1. The number of alkyl carbamates (subject to hydrolysis) is 1. The summed E-state index contributed by atoms with van der Waals surface area (Å²) in [5.41, 5.74) is 0.108. The van der Waals surface area contributed by atoms with Crippen molar-refractivity contribution >= 4 is 6.09 Å². The SMILES string of the molecule is CCC(CC)(CNC(=O)OC(C)(C)C)NCc1ccc(O)cn1. The second-order valence-corrected chi connectivity index (χ2v) is 6.70. The van der Waals surface area contributed by atoms with Gasteiger partial charge in [-0.25, -0.2) is 4.79 Å². The molecule has 0 aliphatic carbocycles. The van der Waals surface area contributed by atoms with E-state index in [1.165, 1.54) is 6.20 Å². The Bertz CT molecular complexity index is 491. The zero-order chi connectivity index (χ0) is 17.5. The summed E-state index contributed by atoms with van der Waals surface area (Å²) in [6, 6.07) is 3.39. The number of hydrogen-bond donors (Lipinski definition) is 3. The van der Waals surface area contributed by atoms with Gasteiger partial charge in [-0.1, -0.05) is 13.8 Å². The van der Waals surface area contributed by atoms with Crippen molar-refractivity contribution in [2.45, 2.75) is 65.1 Å². The van der Waals surface area contributed by atoms with Crippen LogP contribution < -0.4 is 10.6 Å². The molecule has 0 radical (unpaired) electrons. The summed E-state index contributed by atoms with van der Waals surface area (Å²) in [6.45, 7) is 10.7. The van der Waals surface area contributed by atoms with Gasteiger partial charge in [0.05, 0.1) is 11.9 Å². The maximum absolute atomic E-state index is 11.8. The Morgan fingerprint density at radius 3 is 2.39 bits per heavy atom. The maximum atomic E-state index is 11.8. The maximum Gasteiger partial charge on any atom is 0.407 e. The highest BCUT2D eigenvalue weighted by Gasteiger charge is 2.27. The van der Waals surface area contributed by atoms with Gasteiger partial charge in [-0.15, -0.1) is 0 Å². The van der Waals surface area contributed by atoms with E-state index in [9.17, 15) is 9.90 Å². The van der Waals surface area contributed by atoms with Crippen molar-refractivity contribution in [1.29, 1.82) is 0 Å². The molecule has 0 fully saturated rings. The van der Waals surface area contributed by atoms with E-state index >= 15 is 0 Å². The monoisotopic (exact) mass is 323 g/mol. The number of pyridine rings is 1. The fourth-order valence-corrected chi connectivity index (χ4v) is 2.17. The lowest BCUT2D eigenvalue weighted by Gasteiger charge is -2.33. The molecule has 1 rings (SSSR count). The first-order valence-electron chi connectivity index (χ1n) is 8.05. The molecule has 1 aromatic rings. The minimum atomic E-state index is -0.505. The van der Waals surface area contributed by atoms with Crippen molar-refractivity contribution in [3.63, 3.8) is 0 Å². The summed E-state index contributed by atoms with van der Waals surface area (Å²) in [4.78, 5) is 16.0. The summed E-state index contributed by atoms with van der Waals surface area (Å²) < 4.78 is 5.28. The molecule has 3 N–H and O–H groups in total. The van der Waals surface area contributed by atoms with Crippen molar-refractivity contribution in [2.24, 2.45) is 0 Å². The van der Waals surface area contributed by atoms with Crippen molar-refractivity contribution < 1.29 is 14.6 Å². The molecule has 0 aliphatic rings. The van der Waals surface area contributed by atoms with E-state index in [-0.39, 0.29) is 11.3 Å². The minimum absolute atomic E-state index is 0.151. The van der Waals surface area contributed by atoms with Crippen LogP contribution in [0.3, 0.4) is 0 Å². The highest BCUT2D eigenvalue weighted by molar-refractivity contribution is 5.67. The topological polar surface area (TPSA) is 83.5 Å². The van der Waals surface area contributed by atoms with Gasteiger partial charge >= 0.3 is 6.09 Å². The summed E-state index contributed by atoms with van der Waals surface area (Å²) in [5.74, 6) is 0.151. The van der Waals surface area contributed by atoms with Crippen LogP contribution in [0.25, 0.3) is 0 Å². The van der Waals surface area contributed by atoms with Crippen LogP contribution in [-0.4, -0.2) is 33.9 Å². The molecule has 1 amide bonds. The molecular formula is C17H29N3O3. The molecule has 6 nitrogen and oxygen atoms in total. The van der Waals surface area contributed by atoms with Crippen LogP contribution in [0.4, 0.5) is 4.79 Å². The number of rotatable bonds is 7. The van der Waals surface area contributed by atoms with Crippen molar-refractivity contribution in [1.82, 2.24) is 15.6 Å². The van der Waals surface area contributed by atoms with E-state index in [1.807, 2.05) is 20.8 Å². The van der Waals surface area contributed by atoms with Crippen molar-refractivity contribution in [2.75, 3.05) is 6.54 Å². The van der Waals surface area contributed by atoms with Crippen molar-refractivity contribution in [3.05, 3.63) is 24.0 Å². The molecule has 23 heavy (non-hydrogen) atoms. The standard InChI is InChI=1S/C17H29N3O3/c1-6-17(7-2,12-19-15(22)23-16(3,4)5)20-10-13-8-9-14(21)11-18-13/h8-9,11,20-21H,6-7,10,12H2,1-5H3,(H,19,22). The molecule has 0 bridgehead atoms. The Morgan fingerprint density at radius 1 is 1.26 bits per heavy atom. The van der Waals surface area contributed by atoms with Gasteiger partial charge in [-0.05, 0) is 45.7 Å². The van der Waals surface area contributed by atoms with E-state index in [2.05, 4.69) is 29.5 Å². The molecule has 130 valence electrons. The third-order valence-electron chi connectivity index (χ3n) is 3.78. The minimum Gasteiger partial charge on any atom is -0.506 e. The molecule has 0 atom stereocenters. The number of amides is 1. The fraction of sp³-hybridized carbons (Fsp3) is 0.647. The van der Waals surface area contributed by atoms with Crippen LogP contribution in [0.1, 0.15) is 53.2 Å². The predicted octanol–water partition coefficient (Wildman–Crippen LogP) is 2.96. The summed E-state index contributed by atoms with van der Waals surface area (Å²) in [5, 5.41) is 15.6. The van der Waals surface area contributed by atoms with Crippen LogP contribution >= 0.6 is 0 Å². The van der Waals surface area contributed by atoms with Crippen LogP contribution in [0.2, 0.25) is 0 Å². The third-order valence-corrected chi connectivity index (χ3v) is 3.78. The number of nitrogens with zero attached hydrogens (tertiary/aromatic N) is 1. The molecular weight excluding hydrogens is 294 g/mol. The van der Waals surface area contributed by atoms with Gasteiger partial charge in [-0.2, -0.15) is 0 Å². The van der Waals surface area contributed by atoms with Crippen LogP contribution in [0.15, 0.2) is 18.3 Å². The number of nitrogens with one attached hydrogen (secondary N) is 2. The first kappa shape index (κ1) is 19.2. The molecule has 0 aromatic carbocycles. The number of aromatic nitrogens is 1. The number of aromatic hydroxyl groups is 1. The van der Waals surface area contributed by atoms with Gasteiger partial charge < -0.3 is 20.5 Å². The van der Waals surface area contributed by atoms with E-state index in [0.717, 1.165) is 18.5 Å². The summed E-state index contributed by atoms with van der Waals surface area (Å²) >= 11 is 0. The number of ether oxygens (including phenoxy) is 1. The van der Waals surface area contributed by atoms with Gasteiger partial charge in [0.25, 0.3) is 0 Å². The highest BCUT2D eigenvalue weighted by Crippen LogP contribution is 2.16. The average Bonchev–Trinajstić information content (AvgIpc) is 2.48. The number of hydrogen-bond acceptors (Lipinski definition) is 5. The average molecular weight is 323 g/mol. The highest BCUT2D eigenvalue weighted by atomic mass is 16.6. The Morgan fingerprint density at radius 2 is 1.91 bits per heavy atom. The first-order chi connectivity index (χ1) is 10.7. The normalized spacial score (nSPS) is 12.0. The van der Waals surface area contributed by atoms with E-state index in [0.29, 0.717) is 13.1 Å². The molecule has 1 aromatic heterocycles. The largest absolute Gasteiger partial charge is 0.506 e. The second kappa shape index (κ2) is 8.15. The van der Waals surface area contributed by atoms with Gasteiger partial charge in [-0.3, -0.25) is 4.98 Å². The summed E-state index contributed by atoms with van der Waals surface area (Å²) in [7, 11) is 0. The first-order valence-corrected chi connectivity index (χ1v) is 8.05. The Hall–Kier alpha value is -1.82. The quantitative estimate of drug-likeness (QED) is 0.718. The Labute approximate surface area is 138 Å². The molecule has 6 heteroatoms. The van der Waals surface area contributed by atoms with Crippen LogP contribution in [-0.2, 0) is 11.3 Å². The van der Waals surface area contributed by atoms with Crippen LogP contribution in [0.5, 0.6) is 5.75 Å². The molecule has 0 saturated heterocycles. The van der Waals surface area contributed by atoms with E-state index < -0.39 is 11.7 Å². The molecule has 0 unspecified atom stereocenters. The lowest BCUT2D eigenvalue weighted by Crippen LogP contribution is -2.53. The fourth-order valence-electron chi connectivity index (χ4n) is 2.17. The zero-order valence-corrected chi connectivity index (χ0v) is 14.8. The van der Waals surface area contributed by atoms with Gasteiger partial charge in [0, 0.05) is 18.6 Å². The van der Waals surface area contributed by atoms with Crippen LogP contribution in [0, 0.1) is 0 Å². The zero-order valence-electron chi connectivity index (χ0n) is 14.8. The predicted molar refractivity (Wildman–Crippen MR) is 90.3 cm³/mol. The smallest absolute Gasteiger partial charge is 0.407 e. The van der Waals surface area contributed by atoms with Gasteiger partial charge in [0.2, 0.25) is 0 Å². The van der Waals surface area contributed by atoms with Gasteiger partial charge in [0.1, 0.15) is 11.4 Å². The van der Waals surface area contributed by atoms with Gasteiger partial charge in [0.15, 0.2) is 0 Å². The third kappa shape index (κ3) is 6.86. The Balaban J connectivity index is 2.60. The molecule has 1 heterocycles. The number of carbonyl (C=O) groups is 1.